The summed E-state index contributed by atoms with van der Waals surface area (Å²) in [5, 5.41) is 46.3. The maximum atomic E-state index is 13.5. The molecule has 0 bridgehead atoms. The number of anilines is 1. The number of benzene rings is 3. The number of fused-ring (bicyclic) bond motifs is 2. The number of amides is 2. The van der Waals surface area contributed by atoms with Crippen LogP contribution in [0.15, 0.2) is 54.6 Å². The van der Waals surface area contributed by atoms with Crippen LogP contribution in [0.25, 0.3) is 22.2 Å². The van der Waals surface area contributed by atoms with Crippen molar-refractivity contribution < 1.29 is 29.7 Å². The molecule has 2 amide bonds. The van der Waals surface area contributed by atoms with E-state index in [2.05, 4.69) is 44.9 Å². The van der Waals surface area contributed by atoms with Gasteiger partial charge in [-0.2, -0.15) is 5.10 Å². The molecule has 1 radical (unpaired) electrons. The standard InChI is InChI=1S/C22H27N5O4.C12H19N3O.C2H5N2O/c28-12-9-23-6-7-25-15-4-5-16-20-19(15)22(31)18-14(2-1-3-17(18)30)21(20)26-27(16)11-8-24-10-13-29;1-9(2)15-12(16)11-6-4-10(5-7-11)8-14-13-3;1-2(5)4-3/h1-5,23-25,28-30H,6-13H2;4-7,9,13-14H,8H2,1-3H3,(H,15,16);1,3H2,(H,4,5). The first-order chi connectivity index (χ1) is 25.1. The normalized spacial score (nSPS) is 11.3. The highest BCUT2D eigenvalue weighted by atomic mass is 16.3. The number of aliphatic hydroxyl groups is 2. The van der Waals surface area contributed by atoms with E-state index in [0.29, 0.717) is 67.3 Å². The maximum Gasteiger partial charge on any atom is 0.251 e. The van der Waals surface area contributed by atoms with Crippen LogP contribution in [-0.4, -0.2) is 102 Å². The first-order valence-electron chi connectivity index (χ1n) is 17.0. The Kier molecular flexibility index (Phi) is 17.1. The monoisotopic (exact) mass is 719 g/mol. The number of aromatic hydroxyl groups is 1. The molecule has 1 aromatic heterocycles. The van der Waals surface area contributed by atoms with E-state index >= 15 is 0 Å². The van der Waals surface area contributed by atoms with Crippen LogP contribution in [0.1, 0.15) is 45.7 Å². The van der Waals surface area contributed by atoms with Crippen molar-refractivity contribution in [1.82, 2.24) is 42.0 Å². The van der Waals surface area contributed by atoms with Gasteiger partial charge in [0.25, 0.3) is 5.91 Å². The largest absolute Gasteiger partial charge is 0.507 e. The van der Waals surface area contributed by atoms with Crippen LogP contribution in [0.2, 0.25) is 0 Å². The second-order valence-electron chi connectivity index (χ2n) is 11.9. The van der Waals surface area contributed by atoms with E-state index in [0.717, 1.165) is 23.0 Å². The predicted molar refractivity (Wildman–Crippen MR) is 201 cm³/mol. The van der Waals surface area contributed by atoms with E-state index in [1.807, 2.05) is 68.0 Å². The number of nitrogens with two attached hydrogens (primary N) is 1. The molecule has 0 saturated carbocycles. The van der Waals surface area contributed by atoms with Gasteiger partial charge in [-0.15, -0.1) is 0 Å². The highest BCUT2D eigenvalue weighted by molar-refractivity contribution is 6.28. The molecule has 4 aromatic rings. The van der Waals surface area contributed by atoms with E-state index < -0.39 is 5.91 Å². The minimum atomic E-state index is -0.468. The highest BCUT2D eigenvalue weighted by Gasteiger charge is 2.33. The zero-order chi connectivity index (χ0) is 38.0. The molecule has 1 aliphatic rings. The summed E-state index contributed by atoms with van der Waals surface area (Å²) in [6.45, 7) is 11.1. The molecule has 3 aromatic carbocycles. The van der Waals surface area contributed by atoms with E-state index in [-0.39, 0.29) is 42.3 Å². The van der Waals surface area contributed by atoms with E-state index in [4.69, 9.17) is 15.3 Å². The number of nitrogens with zero attached hydrogens (tertiary/aromatic N) is 2. The summed E-state index contributed by atoms with van der Waals surface area (Å²) in [5.41, 5.74) is 13.1. The third-order valence-electron chi connectivity index (χ3n) is 7.63. The van der Waals surface area contributed by atoms with Gasteiger partial charge < -0.3 is 36.6 Å². The lowest BCUT2D eigenvalue weighted by molar-refractivity contribution is -0.116. The number of aromatic nitrogens is 2. The van der Waals surface area contributed by atoms with Crippen LogP contribution in [0.5, 0.6) is 5.75 Å². The summed E-state index contributed by atoms with van der Waals surface area (Å²) in [6, 6.07) is 16.6. The average molecular weight is 720 g/mol. The lowest BCUT2D eigenvalue weighted by Crippen LogP contribution is -2.30. The van der Waals surface area contributed by atoms with Crippen molar-refractivity contribution in [2.45, 2.75) is 33.0 Å². The Morgan fingerprint density at radius 3 is 2.21 bits per heavy atom. The zero-order valence-electron chi connectivity index (χ0n) is 29.9. The molecular formula is C36H51N10O6. The quantitative estimate of drug-likeness (QED) is 0.0287. The number of hydrogen-bond acceptors (Lipinski definition) is 13. The summed E-state index contributed by atoms with van der Waals surface area (Å²) in [6.07, 6.45) is 0. The molecule has 0 saturated heterocycles. The Balaban J connectivity index is 0.000000290. The fourth-order valence-corrected chi connectivity index (χ4v) is 5.30. The van der Waals surface area contributed by atoms with E-state index in [1.54, 1.807) is 11.5 Å². The number of nitrogens with one attached hydrogen (secondary N) is 7. The van der Waals surface area contributed by atoms with Gasteiger partial charge in [0.05, 0.1) is 36.4 Å². The van der Waals surface area contributed by atoms with Crippen molar-refractivity contribution in [2.75, 3.05) is 58.3 Å². The molecule has 52 heavy (non-hydrogen) atoms. The summed E-state index contributed by atoms with van der Waals surface area (Å²) in [5.74, 6) is 3.73. The second kappa shape index (κ2) is 21.4. The topological polar surface area (TPSA) is 240 Å². The fraction of sp³-hybridized carbons (Fsp3) is 0.361. The SMILES string of the molecule is CNNCc1ccc(C(=O)NC(C)C)cc1.O=C1c2c(O)cccc2-c2nn(CCNCCO)c3ccc(NCCNCCO)c1c23.[CH2]C(=O)NN. The Morgan fingerprint density at radius 1 is 0.923 bits per heavy atom. The van der Waals surface area contributed by atoms with Crippen LogP contribution in [0, 0.1) is 6.92 Å². The number of hydrazine groups is 2. The Hall–Kier alpha value is -4.94. The van der Waals surface area contributed by atoms with Gasteiger partial charge in [-0.1, -0.05) is 24.3 Å². The number of phenolic OH excluding ortho intramolecular Hbond substituents is 1. The Morgan fingerprint density at radius 2 is 1.60 bits per heavy atom. The Labute approximate surface area is 303 Å². The molecule has 16 heteroatoms. The third kappa shape index (κ3) is 11.5. The molecule has 0 fully saturated rings. The number of carbonyl (C=O) groups is 3. The molecule has 0 unspecified atom stereocenters. The lowest BCUT2D eigenvalue weighted by atomic mass is 9.86. The maximum absolute atomic E-state index is 13.5. The summed E-state index contributed by atoms with van der Waals surface area (Å²) >= 11 is 0. The first kappa shape index (κ1) is 41.5. The number of rotatable bonds is 16. The van der Waals surface area contributed by atoms with Crippen molar-refractivity contribution in [2.24, 2.45) is 5.84 Å². The van der Waals surface area contributed by atoms with E-state index in [1.165, 1.54) is 6.07 Å². The molecule has 12 N–H and O–H groups in total. The van der Waals surface area contributed by atoms with Gasteiger partial charge in [0.1, 0.15) is 11.4 Å². The summed E-state index contributed by atoms with van der Waals surface area (Å²) < 4.78 is 1.86. The Bertz CT molecular complexity index is 1760. The van der Waals surface area contributed by atoms with Gasteiger partial charge in [0.2, 0.25) is 5.91 Å². The average Bonchev–Trinajstić information content (AvgIpc) is 3.50. The smallest absolute Gasteiger partial charge is 0.251 e. The van der Waals surface area contributed by atoms with Gasteiger partial charge in [0.15, 0.2) is 5.78 Å². The fourth-order valence-electron chi connectivity index (χ4n) is 5.30. The minimum absolute atomic E-state index is 0.0249. The van der Waals surface area contributed by atoms with Gasteiger partial charge >= 0.3 is 0 Å². The molecule has 281 valence electrons. The number of carbonyl (C=O) groups excluding carboxylic acids is 3. The molecule has 5 rings (SSSR count). The zero-order valence-corrected chi connectivity index (χ0v) is 29.9. The molecule has 0 atom stereocenters. The molecular weight excluding hydrogens is 668 g/mol. The number of phenols is 1. The van der Waals surface area contributed by atoms with Crippen molar-refractivity contribution >= 4 is 34.2 Å². The van der Waals surface area contributed by atoms with Crippen LogP contribution in [-0.2, 0) is 17.9 Å². The first-order valence-corrected chi connectivity index (χ1v) is 17.0. The van der Waals surface area contributed by atoms with Crippen molar-refractivity contribution in [3.05, 3.63) is 83.8 Å². The van der Waals surface area contributed by atoms with Crippen molar-refractivity contribution in [3.63, 3.8) is 0 Å². The van der Waals surface area contributed by atoms with Gasteiger partial charge in [0, 0.05) is 74.4 Å². The lowest BCUT2D eigenvalue weighted by Gasteiger charge is -2.19. The predicted octanol–water partition coefficient (Wildman–Crippen LogP) is 0.388. The summed E-state index contributed by atoms with van der Waals surface area (Å²) in [7, 11) is 1.82. The summed E-state index contributed by atoms with van der Waals surface area (Å²) in [4.78, 5) is 34.6. The number of aliphatic hydroxyl groups excluding tert-OH is 2. The molecule has 16 nitrogen and oxygen atoms in total. The van der Waals surface area contributed by atoms with Crippen molar-refractivity contribution in [1.29, 1.82) is 0 Å². The molecule has 0 aliphatic heterocycles. The molecule has 0 spiro atoms. The van der Waals surface area contributed by atoms with Gasteiger partial charge in [-0.3, -0.25) is 35.3 Å². The number of ketones is 1. The van der Waals surface area contributed by atoms with Crippen LogP contribution >= 0.6 is 0 Å². The second-order valence-corrected chi connectivity index (χ2v) is 11.9. The number of hydrogen-bond donors (Lipinski definition) is 11. The van der Waals surface area contributed by atoms with E-state index in [9.17, 15) is 19.5 Å². The van der Waals surface area contributed by atoms with Crippen LogP contribution in [0.3, 0.4) is 0 Å². The van der Waals surface area contributed by atoms with Gasteiger partial charge in [-0.25, -0.2) is 5.84 Å². The van der Waals surface area contributed by atoms with Crippen LogP contribution in [0.4, 0.5) is 5.69 Å². The van der Waals surface area contributed by atoms with Crippen molar-refractivity contribution in [3.8, 4) is 17.0 Å². The third-order valence-corrected chi connectivity index (χ3v) is 7.63. The van der Waals surface area contributed by atoms with Gasteiger partial charge in [-0.05, 0) is 56.8 Å². The molecule has 1 aliphatic carbocycles. The minimum Gasteiger partial charge on any atom is -0.507 e. The highest BCUT2D eigenvalue weighted by Crippen LogP contribution is 2.44. The van der Waals surface area contributed by atoms with Crippen LogP contribution < -0.4 is 43.4 Å². The molecule has 1 heterocycles.